The molecule has 164 valence electrons. The summed E-state index contributed by atoms with van der Waals surface area (Å²) in [7, 11) is 0. The van der Waals surface area contributed by atoms with Gasteiger partial charge in [0.05, 0.1) is 13.2 Å². The van der Waals surface area contributed by atoms with Gasteiger partial charge < -0.3 is 20.3 Å². The third kappa shape index (κ3) is 5.38. The maximum Gasteiger partial charge on any atom is 0.228 e. The second-order valence-electron chi connectivity index (χ2n) is 7.88. The van der Waals surface area contributed by atoms with Crippen molar-refractivity contribution in [1.29, 1.82) is 0 Å². The van der Waals surface area contributed by atoms with E-state index in [1.54, 1.807) is 18.0 Å². The van der Waals surface area contributed by atoms with E-state index in [9.17, 15) is 4.79 Å². The van der Waals surface area contributed by atoms with E-state index in [-0.39, 0.29) is 11.8 Å². The molecule has 1 aliphatic heterocycles. The molecular weight excluding hydrogens is 422 g/mol. The van der Waals surface area contributed by atoms with E-state index in [4.69, 9.17) is 4.74 Å². The zero-order valence-electron chi connectivity index (χ0n) is 17.7. The molecule has 0 spiro atoms. The quantitative estimate of drug-likeness (QED) is 0.514. The third-order valence-electron chi connectivity index (χ3n) is 5.42. The molecule has 1 amide bonds. The van der Waals surface area contributed by atoms with Crippen LogP contribution in [0.2, 0.25) is 0 Å². The van der Waals surface area contributed by atoms with Gasteiger partial charge >= 0.3 is 0 Å². The van der Waals surface area contributed by atoms with Crippen LogP contribution in [0.25, 0.3) is 0 Å². The zero-order chi connectivity index (χ0) is 21.8. The molecule has 1 aliphatic carbocycles. The summed E-state index contributed by atoms with van der Waals surface area (Å²) >= 11 is 1.56. The van der Waals surface area contributed by atoms with Crippen molar-refractivity contribution in [3.8, 4) is 0 Å². The summed E-state index contributed by atoms with van der Waals surface area (Å²) in [5.41, 5.74) is 2.97. The molecule has 0 atom stereocenters. The Morgan fingerprint density at radius 2 is 1.69 bits per heavy atom. The maximum absolute atomic E-state index is 11.9. The maximum atomic E-state index is 11.9. The standard InChI is InChI=1S/C24H25N5O2S/c30-23(17-1-2-17)26-18-5-9-21(10-6-18)32-22-11-12-25-24(28-22)27-19-3-7-20(8-4-19)29-13-15-31-16-14-29/h3-12,17H,1-2,13-16H2,(H,26,30)(H,25,27,28). The Kier molecular flexibility index (Phi) is 6.22. The van der Waals surface area contributed by atoms with Gasteiger partial charge in [-0.25, -0.2) is 9.97 Å². The van der Waals surface area contributed by atoms with E-state index in [1.165, 1.54) is 5.69 Å². The van der Waals surface area contributed by atoms with Crippen molar-refractivity contribution in [3.05, 3.63) is 60.8 Å². The molecule has 1 saturated heterocycles. The number of morpholine rings is 1. The number of nitrogens with zero attached hydrogens (tertiary/aromatic N) is 3. The molecule has 0 radical (unpaired) electrons. The highest BCUT2D eigenvalue weighted by Crippen LogP contribution is 2.31. The van der Waals surface area contributed by atoms with Gasteiger partial charge in [-0.05, 0) is 67.4 Å². The van der Waals surface area contributed by atoms with Crippen LogP contribution in [0.4, 0.5) is 23.0 Å². The first-order chi connectivity index (χ1) is 15.7. The Balaban J connectivity index is 1.19. The molecule has 32 heavy (non-hydrogen) atoms. The normalized spacial score (nSPS) is 15.9. The first kappa shape index (κ1) is 20.8. The fourth-order valence-electron chi connectivity index (χ4n) is 3.48. The zero-order valence-corrected chi connectivity index (χ0v) is 18.5. The van der Waals surface area contributed by atoms with Crippen molar-refractivity contribution in [2.24, 2.45) is 5.92 Å². The molecular formula is C24H25N5O2S. The van der Waals surface area contributed by atoms with E-state index in [1.807, 2.05) is 42.5 Å². The second kappa shape index (κ2) is 9.58. The predicted molar refractivity (Wildman–Crippen MR) is 127 cm³/mol. The summed E-state index contributed by atoms with van der Waals surface area (Å²) in [6, 6.07) is 18.0. The third-order valence-corrected chi connectivity index (χ3v) is 6.37. The topological polar surface area (TPSA) is 79.4 Å². The minimum atomic E-state index is 0.120. The van der Waals surface area contributed by atoms with Crippen molar-refractivity contribution in [3.63, 3.8) is 0 Å². The minimum Gasteiger partial charge on any atom is -0.378 e. The van der Waals surface area contributed by atoms with E-state index >= 15 is 0 Å². The lowest BCUT2D eigenvalue weighted by Gasteiger charge is -2.28. The SMILES string of the molecule is O=C(Nc1ccc(Sc2ccnc(Nc3ccc(N4CCOCC4)cc3)n2)cc1)C1CC1. The largest absolute Gasteiger partial charge is 0.378 e. The number of amides is 1. The van der Waals surface area contributed by atoms with Crippen LogP contribution >= 0.6 is 11.8 Å². The van der Waals surface area contributed by atoms with Gasteiger partial charge in [0.1, 0.15) is 5.03 Å². The molecule has 3 aromatic rings. The van der Waals surface area contributed by atoms with Gasteiger partial charge in [-0.3, -0.25) is 4.79 Å². The number of rotatable bonds is 7. The highest BCUT2D eigenvalue weighted by molar-refractivity contribution is 7.99. The summed E-state index contributed by atoms with van der Waals surface area (Å²) in [5, 5.41) is 7.09. The number of anilines is 4. The number of ether oxygens (including phenoxy) is 1. The van der Waals surface area contributed by atoms with E-state index < -0.39 is 0 Å². The molecule has 1 saturated carbocycles. The Bertz CT molecular complexity index is 1060. The van der Waals surface area contributed by atoms with Crippen molar-refractivity contribution >= 4 is 40.7 Å². The van der Waals surface area contributed by atoms with Crippen molar-refractivity contribution in [2.75, 3.05) is 41.8 Å². The molecule has 7 nitrogen and oxygen atoms in total. The van der Waals surface area contributed by atoms with Crippen LogP contribution in [0.3, 0.4) is 0 Å². The van der Waals surface area contributed by atoms with E-state index in [0.717, 1.165) is 60.4 Å². The van der Waals surface area contributed by atoms with E-state index in [2.05, 4.69) is 37.6 Å². The molecule has 2 N–H and O–H groups in total. The average molecular weight is 448 g/mol. The van der Waals surface area contributed by atoms with Gasteiger partial charge in [0, 0.05) is 47.2 Å². The van der Waals surface area contributed by atoms with E-state index in [0.29, 0.717) is 5.95 Å². The monoisotopic (exact) mass is 447 g/mol. The lowest BCUT2D eigenvalue weighted by molar-refractivity contribution is -0.117. The van der Waals surface area contributed by atoms with Gasteiger partial charge in [0.25, 0.3) is 0 Å². The number of carbonyl (C=O) groups is 1. The fourth-order valence-corrected chi connectivity index (χ4v) is 4.26. The van der Waals surface area contributed by atoms with Crippen molar-refractivity contribution in [2.45, 2.75) is 22.8 Å². The Labute approximate surface area is 191 Å². The number of carbonyl (C=O) groups excluding carboxylic acids is 1. The van der Waals surface area contributed by atoms with Crippen LogP contribution in [0.1, 0.15) is 12.8 Å². The summed E-state index contributed by atoms with van der Waals surface area (Å²) in [5.74, 6) is 0.879. The molecule has 5 rings (SSSR count). The van der Waals surface area contributed by atoms with Gasteiger partial charge in [-0.15, -0.1) is 0 Å². The number of benzene rings is 2. The summed E-state index contributed by atoms with van der Waals surface area (Å²) in [6.45, 7) is 3.39. The highest BCUT2D eigenvalue weighted by Gasteiger charge is 2.29. The van der Waals surface area contributed by atoms with Crippen LogP contribution in [-0.2, 0) is 9.53 Å². The molecule has 0 bridgehead atoms. The molecule has 1 aromatic heterocycles. The smallest absolute Gasteiger partial charge is 0.228 e. The number of aromatic nitrogens is 2. The fraction of sp³-hybridized carbons (Fsp3) is 0.292. The summed E-state index contributed by atoms with van der Waals surface area (Å²) in [4.78, 5) is 24.2. The van der Waals surface area contributed by atoms with Gasteiger partial charge in [0.2, 0.25) is 11.9 Å². The predicted octanol–water partition coefficient (Wildman–Crippen LogP) is 4.56. The lowest BCUT2D eigenvalue weighted by Crippen LogP contribution is -2.36. The van der Waals surface area contributed by atoms with Crippen LogP contribution in [0, 0.1) is 5.92 Å². The van der Waals surface area contributed by atoms with Crippen LogP contribution in [0.15, 0.2) is 70.7 Å². The Morgan fingerprint density at radius 1 is 0.969 bits per heavy atom. The first-order valence-corrected chi connectivity index (χ1v) is 11.7. The average Bonchev–Trinajstić information content (AvgIpc) is 3.68. The Morgan fingerprint density at radius 3 is 2.41 bits per heavy atom. The highest BCUT2D eigenvalue weighted by atomic mass is 32.2. The number of hydrogen-bond acceptors (Lipinski definition) is 7. The van der Waals surface area contributed by atoms with Crippen LogP contribution in [0.5, 0.6) is 0 Å². The first-order valence-electron chi connectivity index (χ1n) is 10.8. The molecule has 0 unspecified atom stereocenters. The minimum absolute atomic E-state index is 0.120. The molecule has 8 heteroatoms. The molecule has 2 heterocycles. The molecule has 2 aliphatic rings. The van der Waals surface area contributed by atoms with Crippen molar-refractivity contribution in [1.82, 2.24) is 9.97 Å². The Hall–Kier alpha value is -3.10. The van der Waals surface area contributed by atoms with Gasteiger partial charge in [0.15, 0.2) is 0 Å². The summed E-state index contributed by atoms with van der Waals surface area (Å²) < 4.78 is 5.42. The number of nitrogens with one attached hydrogen (secondary N) is 2. The van der Waals surface area contributed by atoms with Crippen LogP contribution in [-0.4, -0.2) is 42.2 Å². The second-order valence-corrected chi connectivity index (χ2v) is 8.97. The molecule has 2 aromatic carbocycles. The lowest BCUT2D eigenvalue weighted by atomic mass is 10.2. The van der Waals surface area contributed by atoms with Crippen LogP contribution < -0.4 is 15.5 Å². The summed E-state index contributed by atoms with van der Waals surface area (Å²) in [6.07, 6.45) is 3.76. The number of hydrogen-bond donors (Lipinski definition) is 2. The molecule has 2 fully saturated rings. The van der Waals surface area contributed by atoms with Gasteiger partial charge in [-0.1, -0.05) is 11.8 Å². The van der Waals surface area contributed by atoms with Gasteiger partial charge in [-0.2, -0.15) is 0 Å². The van der Waals surface area contributed by atoms with Crippen molar-refractivity contribution < 1.29 is 9.53 Å².